The number of pyridine rings is 1. The minimum absolute atomic E-state index is 0.0619. The van der Waals surface area contributed by atoms with Crippen LogP contribution in [0.3, 0.4) is 0 Å². The zero-order valence-corrected chi connectivity index (χ0v) is 15.6. The van der Waals surface area contributed by atoms with E-state index in [2.05, 4.69) is 9.88 Å². The van der Waals surface area contributed by atoms with Crippen LogP contribution in [0.25, 0.3) is 0 Å². The van der Waals surface area contributed by atoms with Crippen molar-refractivity contribution in [2.24, 2.45) is 11.7 Å². The van der Waals surface area contributed by atoms with Gasteiger partial charge in [-0.3, -0.25) is 4.90 Å². The van der Waals surface area contributed by atoms with Crippen LogP contribution in [0, 0.1) is 5.92 Å². The maximum absolute atomic E-state index is 12.7. The molecule has 0 aromatic carbocycles. The molecule has 1 aliphatic carbocycles. The quantitative estimate of drug-likeness (QED) is 0.849. The van der Waals surface area contributed by atoms with Crippen molar-refractivity contribution in [3.8, 4) is 0 Å². The van der Waals surface area contributed by atoms with E-state index in [4.69, 9.17) is 17.3 Å². The topological polar surface area (TPSA) is 45.4 Å². The van der Waals surface area contributed by atoms with Crippen LogP contribution >= 0.6 is 11.6 Å². The molecule has 0 spiro atoms. The second-order valence-electron chi connectivity index (χ2n) is 7.43. The largest absolute Gasteiger partial charge is 0.417 e. The zero-order chi connectivity index (χ0) is 18.7. The third kappa shape index (κ3) is 5.02. The van der Waals surface area contributed by atoms with Gasteiger partial charge in [-0.15, -0.1) is 0 Å². The van der Waals surface area contributed by atoms with Crippen LogP contribution in [0.4, 0.5) is 19.0 Å². The molecule has 0 unspecified atom stereocenters. The smallest absolute Gasteiger partial charge is 0.353 e. The summed E-state index contributed by atoms with van der Waals surface area (Å²) in [4.78, 5) is 8.35. The lowest BCUT2D eigenvalue weighted by Crippen LogP contribution is -2.47. The molecule has 4 nitrogen and oxygen atoms in total. The Morgan fingerprint density at radius 1 is 1.12 bits per heavy atom. The number of nitrogens with zero attached hydrogens (tertiary/aromatic N) is 3. The van der Waals surface area contributed by atoms with E-state index in [9.17, 15) is 13.2 Å². The van der Waals surface area contributed by atoms with Crippen molar-refractivity contribution in [3.05, 3.63) is 22.8 Å². The van der Waals surface area contributed by atoms with Gasteiger partial charge in [-0.1, -0.05) is 11.6 Å². The molecular formula is C18H26ClF3N4. The van der Waals surface area contributed by atoms with E-state index in [1.807, 2.05) is 4.90 Å². The summed E-state index contributed by atoms with van der Waals surface area (Å²) >= 11 is 6.05. The summed E-state index contributed by atoms with van der Waals surface area (Å²) in [6.07, 6.45) is 2.37. The normalized spacial score (nSPS) is 25.5. The van der Waals surface area contributed by atoms with Crippen LogP contribution in [-0.2, 0) is 6.18 Å². The van der Waals surface area contributed by atoms with Gasteiger partial charge in [0.1, 0.15) is 5.82 Å². The van der Waals surface area contributed by atoms with Crippen molar-refractivity contribution in [2.75, 3.05) is 37.6 Å². The highest BCUT2D eigenvalue weighted by atomic mass is 35.5. The molecule has 1 aromatic rings. The van der Waals surface area contributed by atoms with E-state index in [1.165, 1.54) is 19.3 Å². The lowest BCUT2D eigenvalue weighted by Gasteiger charge is -2.37. The molecule has 1 saturated heterocycles. The van der Waals surface area contributed by atoms with Gasteiger partial charge in [-0.05, 0) is 50.6 Å². The van der Waals surface area contributed by atoms with Crippen molar-refractivity contribution < 1.29 is 13.2 Å². The van der Waals surface area contributed by atoms with E-state index in [-0.39, 0.29) is 5.02 Å². The number of nitrogens with two attached hydrogens (primary N) is 1. The summed E-state index contributed by atoms with van der Waals surface area (Å²) in [7, 11) is 0. The first-order valence-electron chi connectivity index (χ1n) is 9.28. The summed E-state index contributed by atoms with van der Waals surface area (Å²) < 4.78 is 38.2. The molecule has 3 rings (SSSR count). The molecule has 2 heterocycles. The maximum Gasteiger partial charge on any atom is 0.417 e. The lowest BCUT2D eigenvalue weighted by atomic mass is 9.84. The number of piperazine rings is 1. The summed E-state index contributed by atoms with van der Waals surface area (Å²) in [6, 6.07) is 1.35. The SMILES string of the molecule is NC1CCC(CCN2CCN(c3ncc(C(F)(F)F)cc3Cl)CC2)CC1. The molecule has 0 atom stereocenters. The molecule has 2 aliphatic rings. The molecule has 0 amide bonds. The third-order valence-corrected chi connectivity index (χ3v) is 5.84. The average molecular weight is 391 g/mol. The van der Waals surface area contributed by atoms with E-state index in [0.29, 0.717) is 11.9 Å². The molecule has 0 bridgehead atoms. The number of aromatic nitrogens is 1. The second-order valence-corrected chi connectivity index (χ2v) is 7.83. The van der Waals surface area contributed by atoms with Gasteiger partial charge in [0.25, 0.3) is 0 Å². The molecule has 1 aliphatic heterocycles. The Kier molecular flexibility index (Phi) is 6.30. The van der Waals surface area contributed by atoms with Gasteiger partial charge in [0.05, 0.1) is 10.6 Å². The minimum Gasteiger partial charge on any atom is -0.353 e. The first-order valence-corrected chi connectivity index (χ1v) is 9.66. The highest BCUT2D eigenvalue weighted by Crippen LogP contribution is 2.34. The number of hydrogen-bond donors (Lipinski definition) is 1. The van der Waals surface area contributed by atoms with Gasteiger partial charge in [-0.2, -0.15) is 13.2 Å². The van der Waals surface area contributed by atoms with E-state index >= 15 is 0 Å². The van der Waals surface area contributed by atoms with Crippen molar-refractivity contribution in [2.45, 2.75) is 44.3 Å². The van der Waals surface area contributed by atoms with Gasteiger partial charge in [0.15, 0.2) is 0 Å². The number of hydrogen-bond acceptors (Lipinski definition) is 4. The molecule has 1 aromatic heterocycles. The van der Waals surface area contributed by atoms with Crippen LogP contribution in [0.15, 0.2) is 12.3 Å². The predicted octanol–water partition coefficient (Wildman–Crippen LogP) is 3.78. The van der Waals surface area contributed by atoms with E-state index in [1.54, 1.807) is 0 Å². The van der Waals surface area contributed by atoms with Gasteiger partial charge in [0, 0.05) is 38.4 Å². The van der Waals surface area contributed by atoms with E-state index < -0.39 is 11.7 Å². The lowest BCUT2D eigenvalue weighted by molar-refractivity contribution is -0.137. The van der Waals surface area contributed by atoms with Gasteiger partial charge >= 0.3 is 6.18 Å². The van der Waals surface area contributed by atoms with Crippen molar-refractivity contribution in [3.63, 3.8) is 0 Å². The van der Waals surface area contributed by atoms with Gasteiger partial charge in [0.2, 0.25) is 0 Å². The fourth-order valence-corrected chi connectivity index (χ4v) is 4.13. The predicted molar refractivity (Wildman–Crippen MR) is 97.5 cm³/mol. The highest BCUT2D eigenvalue weighted by molar-refractivity contribution is 6.33. The van der Waals surface area contributed by atoms with Crippen LogP contribution in [-0.4, -0.2) is 48.6 Å². The summed E-state index contributed by atoms with van der Waals surface area (Å²) in [5.41, 5.74) is 5.15. The molecule has 2 fully saturated rings. The Hall–Kier alpha value is -1.05. The van der Waals surface area contributed by atoms with Crippen molar-refractivity contribution in [1.29, 1.82) is 0 Å². The van der Waals surface area contributed by atoms with Crippen LogP contribution < -0.4 is 10.6 Å². The minimum atomic E-state index is -4.42. The number of halogens is 4. The van der Waals surface area contributed by atoms with Gasteiger partial charge < -0.3 is 10.6 Å². The Labute approximate surface area is 157 Å². The van der Waals surface area contributed by atoms with Crippen molar-refractivity contribution in [1.82, 2.24) is 9.88 Å². The first-order chi connectivity index (χ1) is 12.3. The summed E-state index contributed by atoms with van der Waals surface area (Å²) in [5, 5.41) is 0.0619. The summed E-state index contributed by atoms with van der Waals surface area (Å²) in [6.45, 7) is 4.29. The number of rotatable bonds is 4. The molecule has 146 valence electrons. The molecule has 0 radical (unpaired) electrons. The van der Waals surface area contributed by atoms with Crippen LogP contribution in [0.2, 0.25) is 5.02 Å². The fraction of sp³-hybridized carbons (Fsp3) is 0.722. The molecule has 1 saturated carbocycles. The Bertz CT molecular complexity index is 595. The molecule has 2 N–H and O–H groups in total. The van der Waals surface area contributed by atoms with Gasteiger partial charge in [-0.25, -0.2) is 4.98 Å². The van der Waals surface area contributed by atoms with E-state index in [0.717, 1.165) is 63.7 Å². The number of alkyl halides is 3. The summed E-state index contributed by atoms with van der Waals surface area (Å²) in [5.74, 6) is 1.22. The molecule has 26 heavy (non-hydrogen) atoms. The Morgan fingerprint density at radius 3 is 2.35 bits per heavy atom. The number of anilines is 1. The zero-order valence-electron chi connectivity index (χ0n) is 14.8. The Morgan fingerprint density at radius 2 is 1.77 bits per heavy atom. The molecular weight excluding hydrogens is 365 g/mol. The third-order valence-electron chi connectivity index (χ3n) is 5.57. The fourth-order valence-electron chi connectivity index (χ4n) is 3.84. The van der Waals surface area contributed by atoms with Crippen LogP contribution in [0.1, 0.15) is 37.7 Å². The van der Waals surface area contributed by atoms with Crippen molar-refractivity contribution >= 4 is 17.4 Å². The maximum atomic E-state index is 12.7. The standard InChI is InChI=1S/C18H26ClF3N4/c19-16-11-14(18(20,21)22)12-24-17(16)26-9-7-25(8-10-26)6-5-13-1-3-15(23)4-2-13/h11-13,15H,1-10,23H2. The monoisotopic (exact) mass is 390 g/mol. The Balaban J connectivity index is 1.48. The second kappa shape index (κ2) is 8.31. The average Bonchev–Trinajstić information content (AvgIpc) is 2.61. The highest BCUT2D eigenvalue weighted by Gasteiger charge is 2.32. The first kappa shape index (κ1) is 19.7. The van der Waals surface area contributed by atoms with Crippen LogP contribution in [0.5, 0.6) is 0 Å². The molecule has 8 heteroatoms.